The van der Waals surface area contributed by atoms with Gasteiger partial charge in [0.25, 0.3) is 0 Å². The summed E-state index contributed by atoms with van der Waals surface area (Å²) in [5.74, 6) is 0. The molecule has 0 spiro atoms. The van der Waals surface area contributed by atoms with Gasteiger partial charge in [-0.3, -0.25) is 0 Å². The molecule has 0 aromatic heterocycles. The van der Waals surface area contributed by atoms with Crippen LogP contribution in [0, 0.1) is 0 Å². The minimum Gasteiger partial charge on any atom is -0.421 e. The second-order valence-corrected chi connectivity index (χ2v) is 2.75. The quantitative estimate of drug-likeness (QED) is 0.427. The summed E-state index contributed by atoms with van der Waals surface area (Å²) in [5, 5.41) is 3.08. The monoisotopic (exact) mass is 131 g/mol. The first-order valence-corrected chi connectivity index (χ1v) is 3.93. The van der Waals surface area contributed by atoms with Gasteiger partial charge in [0.15, 0.2) is 0 Å². The van der Waals surface area contributed by atoms with Crippen LogP contribution in [0.3, 0.4) is 0 Å². The van der Waals surface area contributed by atoms with Crippen molar-refractivity contribution in [2.45, 2.75) is 12.5 Å². The third-order valence-electron chi connectivity index (χ3n) is 0.850. The van der Waals surface area contributed by atoms with E-state index in [1.54, 1.807) is 7.11 Å². The number of rotatable bonds is 5. The fourth-order valence-electron chi connectivity index (χ4n) is 0.439. The standard InChI is InChI=1S/C5H13NOSi/c1-6-4-3-5-8-7-2/h6H,3-5H2,1-2H3. The Morgan fingerprint density at radius 1 is 1.62 bits per heavy atom. The lowest BCUT2D eigenvalue weighted by Crippen LogP contribution is -2.08. The molecule has 8 heavy (non-hydrogen) atoms. The summed E-state index contributed by atoms with van der Waals surface area (Å²) in [6.07, 6.45) is 1.22. The van der Waals surface area contributed by atoms with Crippen LogP contribution in [0.2, 0.25) is 6.04 Å². The summed E-state index contributed by atoms with van der Waals surface area (Å²) in [5.41, 5.74) is 0. The van der Waals surface area contributed by atoms with Crippen LogP contribution in [-0.2, 0) is 4.43 Å². The molecule has 2 radical (unpaired) electrons. The molecule has 0 aliphatic rings. The van der Waals surface area contributed by atoms with Crippen molar-refractivity contribution in [3.8, 4) is 0 Å². The molecule has 0 bridgehead atoms. The molecule has 3 heteroatoms. The summed E-state index contributed by atoms with van der Waals surface area (Å²) in [6.45, 7) is 1.11. The maximum Gasteiger partial charge on any atom is 0.229 e. The van der Waals surface area contributed by atoms with E-state index in [4.69, 9.17) is 4.43 Å². The van der Waals surface area contributed by atoms with Crippen LogP contribution in [0.1, 0.15) is 6.42 Å². The smallest absolute Gasteiger partial charge is 0.229 e. The van der Waals surface area contributed by atoms with Crippen molar-refractivity contribution in [1.29, 1.82) is 0 Å². The van der Waals surface area contributed by atoms with E-state index in [9.17, 15) is 0 Å². The molecule has 0 aliphatic heterocycles. The average molecular weight is 131 g/mol. The minimum atomic E-state index is 0.685. The predicted molar refractivity (Wildman–Crippen MR) is 36.1 cm³/mol. The molecule has 0 saturated carbocycles. The van der Waals surface area contributed by atoms with Crippen LogP contribution < -0.4 is 5.32 Å². The van der Waals surface area contributed by atoms with Crippen LogP contribution in [0.15, 0.2) is 0 Å². The maximum atomic E-state index is 4.89. The molecule has 0 atom stereocenters. The van der Waals surface area contributed by atoms with Crippen molar-refractivity contribution >= 4 is 9.76 Å². The van der Waals surface area contributed by atoms with Crippen molar-refractivity contribution in [3.63, 3.8) is 0 Å². The Kier molecular flexibility index (Phi) is 7.26. The van der Waals surface area contributed by atoms with E-state index in [-0.39, 0.29) is 0 Å². The van der Waals surface area contributed by atoms with Crippen LogP contribution in [0.4, 0.5) is 0 Å². The lowest BCUT2D eigenvalue weighted by Gasteiger charge is -1.94. The zero-order valence-corrected chi connectivity index (χ0v) is 6.53. The third-order valence-corrected chi connectivity index (χ3v) is 1.70. The van der Waals surface area contributed by atoms with E-state index in [1.807, 2.05) is 7.05 Å². The summed E-state index contributed by atoms with van der Waals surface area (Å²) in [4.78, 5) is 0. The fourth-order valence-corrected chi connectivity index (χ4v) is 0.965. The number of hydrogen-bond donors (Lipinski definition) is 1. The molecule has 0 heterocycles. The van der Waals surface area contributed by atoms with Crippen molar-refractivity contribution in [3.05, 3.63) is 0 Å². The van der Waals surface area contributed by atoms with Gasteiger partial charge in [0.2, 0.25) is 9.76 Å². The summed E-state index contributed by atoms with van der Waals surface area (Å²) in [7, 11) is 4.40. The van der Waals surface area contributed by atoms with E-state index in [0.29, 0.717) is 9.76 Å². The Bertz CT molecular complexity index is 37.4. The van der Waals surface area contributed by atoms with Gasteiger partial charge >= 0.3 is 0 Å². The number of nitrogens with one attached hydrogen (secondary N) is 1. The Morgan fingerprint density at radius 3 is 2.88 bits per heavy atom. The minimum absolute atomic E-state index is 0.685. The van der Waals surface area contributed by atoms with Crippen molar-refractivity contribution in [1.82, 2.24) is 5.32 Å². The van der Waals surface area contributed by atoms with E-state index in [2.05, 4.69) is 5.32 Å². The molecule has 0 aromatic carbocycles. The van der Waals surface area contributed by atoms with Crippen LogP contribution >= 0.6 is 0 Å². The highest BCUT2D eigenvalue weighted by Gasteiger charge is 1.85. The van der Waals surface area contributed by atoms with Gasteiger partial charge < -0.3 is 9.74 Å². The van der Waals surface area contributed by atoms with Gasteiger partial charge in [0, 0.05) is 7.11 Å². The first-order valence-electron chi connectivity index (χ1n) is 2.82. The second-order valence-electron chi connectivity index (χ2n) is 1.56. The third kappa shape index (κ3) is 6.14. The van der Waals surface area contributed by atoms with E-state index in [1.165, 1.54) is 12.5 Å². The fraction of sp³-hybridized carbons (Fsp3) is 1.00. The van der Waals surface area contributed by atoms with Gasteiger partial charge in [-0.05, 0) is 26.1 Å². The molecule has 0 aliphatic carbocycles. The molecule has 2 nitrogen and oxygen atoms in total. The largest absolute Gasteiger partial charge is 0.421 e. The predicted octanol–water partition coefficient (Wildman–Crippen LogP) is 0.280. The van der Waals surface area contributed by atoms with Crippen LogP contribution in [0.5, 0.6) is 0 Å². The average Bonchev–Trinajstić information content (AvgIpc) is 1.81. The first kappa shape index (κ1) is 8.14. The Hall–Kier alpha value is 0.137. The van der Waals surface area contributed by atoms with Gasteiger partial charge in [-0.2, -0.15) is 0 Å². The summed E-state index contributed by atoms with van der Waals surface area (Å²) in [6, 6.07) is 1.19. The lowest BCUT2D eigenvalue weighted by molar-refractivity contribution is 0.439. The Morgan fingerprint density at radius 2 is 2.38 bits per heavy atom. The molecule has 0 rings (SSSR count). The molecular formula is C5H13NOSi. The lowest BCUT2D eigenvalue weighted by atomic mass is 10.5. The SMILES string of the molecule is CNCCC[Si]OC. The molecule has 0 fully saturated rings. The summed E-state index contributed by atoms with van der Waals surface area (Å²) < 4.78 is 4.89. The van der Waals surface area contributed by atoms with Crippen molar-refractivity contribution in [2.75, 3.05) is 20.7 Å². The van der Waals surface area contributed by atoms with Gasteiger partial charge in [-0.25, -0.2) is 0 Å². The molecule has 0 saturated heterocycles. The van der Waals surface area contributed by atoms with Crippen LogP contribution in [0.25, 0.3) is 0 Å². The van der Waals surface area contributed by atoms with Crippen molar-refractivity contribution < 1.29 is 4.43 Å². The topological polar surface area (TPSA) is 21.3 Å². The Labute approximate surface area is 53.6 Å². The number of hydrogen-bond acceptors (Lipinski definition) is 2. The molecular weight excluding hydrogens is 118 g/mol. The highest BCUT2D eigenvalue weighted by molar-refractivity contribution is 6.26. The molecule has 48 valence electrons. The summed E-state index contributed by atoms with van der Waals surface area (Å²) >= 11 is 0. The van der Waals surface area contributed by atoms with Gasteiger partial charge in [0.1, 0.15) is 0 Å². The molecule has 0 amide bonds. The molecule has 0 unspecified atom stereocenters. The zero-order chi connectivity index (χ0) is 6.24. The van der Waals surface area contributed by atoms with E-state index < -0.39 is 0 Å². The molecule has 0 aromatic rings. The molecule has 1 N–H and O–H groups in total. The van der Waals surface area contributed by atoms with Crippen LogP contribution in [-0.4, -0.2) is 30.5 Å². The maximum absolute atomic E-state index is 4.89. The Balaban J connectivity index is 2.53. The van der Waals surface area contributed by atoms with E-state index >= 15 is 0 Å². The zero-order valence-electron chi connectivity index (χ0n) is 5.53. The normalized spacial score (nSPS) is 9.75. The van der Waals surface area contributed by atoms with Gasteiger partial charge in [-0.1, -0.05) is 0 Å². The van der Waals surface area contributed by atoms with Gasteiger partial charge in [-0.15, -0.1) is 0 Å². The first-order chi connectivity index (χ1) is 3.91. The highest BCUT2D eigenvalue weighted by Crippen LogP contribution is 1.84. The highest BCUT2D eigenvalue weighted by atomic mass is 28.2. The van der Waals surface area contributed by atoms with Crippen molar-refractivity contribution in [2.24, 2.45) is 0 Å². The van der Waals surface area contributed by atoms with Gasteiger partial charge in [0.05, 0.1) is 0 Å². The van der Waals surface area contributed by atoms with E-state index in [0.717, 1.165) is 6.54 Å². The second kappa shape index (κ2) is 7.14.